The number of thiol groups is 1. The second kappa shape index (κ2) is 25.8. The second-order valence-corrected chi connectivity index (χ2v) is 16.3. The lowest BCUT2D eigenvalue weighted by molar-refractivity contribution is 0.542. The number of hydrogen-bond acceptors (Lipinski definition) is 1. The summed E-state index contributed by atoms with van der Waals surface area (Å²) in [6, 6.07) is 0. The summed E-state index contributed by atoms with van der Waals surface area (Å²) in [6.45, 7) is 9.34. The monoisotopic (exact) mass is 502 g/mol. The fraction of sp³-hybridized carbons (Fsp3) is 1.00. The molecule has 0 rings (SSSR count). The van der Waals surface area contributed by atoms with E-state index >= 15 is 0 Å². The predicted molar refractivity (Wildman–Crippen MR) is 164 cm³/mol. The fourth-order valence-electron chi connectivity index (χ4n) is 5.23. The quantitative estimate of drug-likeness (QED) is 0.0644. The van der Waals surface area contributed by atoms with Crippen molar-refractivity contribution in [3.63, 3.8) is 0 Å². The number of unbranched alkanes of at least 4 members (excludes halogenated alkanes) is 18. The lowest BCUT2D eigenvalue weighted by Gasteiger charge is -2.43. The largest absolute Gasteiger partial charge is 0.193 e. The van der Waals surface area contributed by atoms with E-state index in [1.54, 1.807) is 0 Å². The van der Waals surface area contributed by atoms with E-state index in [1.165, 1.54) is 166 Å². The van der Waals surface area contributed by atoms with Crippen LogP contribution < -0.4 is 0 Å². The highest BCUT2D eigenvalue weighted by Gasteiger charge is 2.28. The molecule has 0 heterocycles. The minimum atomic E-state index is -0.748. The third-order valence-electron chi connectivity index (χ3n) is 7.58. The van der Waals surface area contributed by atoms with Crippen molar-refractivity contribution in [1.29, 1.82) is 0 Å². The molecule has 0 N–H and O–H groups in total. The van der Waals surface area contributed by atoms with Crippen LogP contribution in [0.5, 0.6) is 0 Å². The lowest BCUT2D eigenvalue weighted by Crippen LogP contribution is -2.21. The van der Waals surface area contributed by atoms with Gasteiger partial charge < -0.3 is 0 Å². The van der Waals surface area contributed by atoms with Crippen LogP contribution in [0.15, 0.2) is 0 Å². The molecular formula is C31H66S2. The Hall–Kier alpha value is 0.700. The fourth-order valence-corrected chi connectivity index (χ4v) is 10.1. The number of hydrogen-bond donors (Lipinski definition) is 1. The van der Waals surface area contributed by atoms with Crippen LogP contribution in [-0.2, 0) is 0 Å². The van der Waals surface area contributed by atoms with Gasteiger partial charge in [0.2, 0.25) is 0 Å². The van der Waals surface area contributed by atoms with Gasteiger partial charge in [-0.25, -0.2) is 0 Å². The highest BCUT2D eigenvalue weighted by Crippen LogP contribution is 2.61. The molecular weight excluding hydrogens is 436 g/mol. The Bertz CT molecular complexity index is 370. The highest BCUT2D eigenvalue weighted by atomic mass is 33.1. The molecule has 2 heteroatoms. The molecule has 0 spiro atoms. The van der Waals surface area contributed by atoms with Gasteiger partial charge in [-0.3, -0.25) is 0 Å². The SMILES string of the molecule is CCCCCCCCCCS(S)(CCCCC)C(CCCCCC)CCCCCCCCC. The summed E-state index contributed by atoms with van der Waals surface area (Å²) in [5.41, 5.74) is 0. The summed E-state index contributed by atoms with van der Waals surface area (Å²) in [6.07, 6.45) is 34.4. The van der Waals surface area contributed by atoms with Crippen molar-refractivity contribution < 1.29 is 0 Å². The molecule has 0 bridgehead atoms. The van der Waals surface area contributed by atoms with E-state index in [0.29, 0.717) is 0 Å². The maximum Gasteiger partial charge on any atom is -0.00289 e. The Morgan fingerprint density at radius 3 is 1.09 bits per heavy atom. The maximum absolute atomic E-state index is 5.64. The van der Waals surface area contributed by atoms with Crippen molar-refractivity contribution in [1.82, 2.24) is 0 Å². The molecule has 0 radical (unpaired) electrons. The molecule has 0 fully saturated rings. The van der Waals surface area contributed by atoms with Crippen molar-refractivity contribution in [3.8, 4) is 0 Å². The van der Waals surface area contributed by atoms with Gasteiger partial charge >= 0.3 is 0 Å². The zero-order chi connectivity index (χ0) is 24.5. The number of rotatable bonds is 27. The van der Waals surface area contributed by atoms with Gasteiger partial charge in [-0.2, -0.15) is 9.06 Å². The Balaban J connectivity index is 4.69. The summed E-state index contributed by atoms with van der Waals surface area (Å²) in [5, 5.41) is 0.926. The molecule has 0 aromatic heterocycles. The van der Waals surface area contributed by atoms with E-state index in [0.717, 1.165) is 5.25 Å². The smallest absolute Gasteiger partial charge is 0.00289 e. The summed E-state index contributed by atoms with van der Waals surface area (Å²) >= 11 is 5.64. The van der Waals surface area contributed by atoms with Crippen molar-refractivity contribution in [2.24, 2.45) is 0 Å². The van der Waals surface area contributed by atoms with E-state index in [4.69, 9.17) is 11.7 Å². The van der Waals surface area contributed by atoms with Crippen LogP contribution in [0.1, 0.15) is 182 Å². The highest BCUT2D eigenvalue weighted by molar-refractivity contribution is 8.88. The predicted octanol–water partition coefficient (Wildman–Crippen LogP) is 12.4. The molecule has 0 aliphatic carbocycles. The first-order valence-electron chi connectivity index (χ1n) is 15.6. The van der Waals surface area contributed by atoms with Crippen molar-refractivity contribution in [2.75, 3.05) is 11.5 Å². The molecule has 2 unspecified atom stereocenters. The van der Waals surface area contributed by atoms with Gasteiger partial charge in [0.1, 0.15) is 0 Å². The van der Waals surface area contributed by atoms with Crippen LogP contribution in [0, 0.1) is 0 Å². The third kappa shape index (κ3) is 20.6. The average molecular weight is 503 g/mol. The van der Waals surface area contributed by atoms with Gasteiger partial charge in [-0.05, 0) is 42.4 Å². The van der Waals surface area contributed by atoms with E-state index in [9.17, 15) is 0 Å². The van der Waals surface area contributed by atoms with Crippen molar-refractivity contribution >= 4 is 20.7 Å². The topological polar surface area (TPSA) is 0 Å². The van der Waals surface area contributed by atoms with Crippen LogP contribution in [-0.4, -0.2) is 16.8 Å². The van der Waals surface area contributed by atoms with Crippen LogP contribution >= 0.6 is 20.7 Å². The summed E-state index contributed by atoms with van der Waals surface area (Å²) < 4.78 is 0. The Kier molecular flexibility index (Phi) is 26.3. The average Bonchev–Trinajstić information content (AvgIpc) is 2.81. The zero-order valence-corrected chi connectivity index (χ0v) is 25.5. The van der Waals surface area contributed by atoms with Crippen LogP contribution in [0.3, 0.4) is 0 Å². The van der Waals surface area contributed by atoms with Gasteiger partial charge in [0.05, 0.1) is 0 Å². The molecule has 0 aliphatic rings. The molecule has 2 atom stereocenters. The molecule has 0 saturated heterocycles. The molecule has 0 aliphatic heterocycles. The standard InChI is InChI=1S/C31H66S2/c1-5-9-13-16-18-20-22-26-30-33(32,29-25-12-8-4)31(27-23-15-11-7-3)28-24-21-19-17-14-10-6-2/h31-32H,5-30H2,1-4H3. The van der Waals surface area contributed by atoms with Crippen LogP contribution in [0.4, 0.5) is 0 Å². The van der Waals surface area contributed by atoms with Crippen LogP contribution in [0.2, 0.25) is 0 Å². The second-order valence-electron chi connectivity index (χ2n) is 10.9. The van der Waals surface area contributed by atoms with Crippen LogP contribution in [0.25, 0.3) is 0 Å². The molecule has 0 nitrogen and oxygen atoms in total. The van der Waals surface area contributed by atoms with Crippen molar-refractivity contribution in [3.05, 3.63) is 0 Å². The minimum Gasteiger partial charge on any atom is -0.193 e. The lowest BCUT2D eigenvalue weighted by atomic mass is 10.0. The molecule has 33 heavy (non-hydrogen) atoms. The Labute approximate surface area is 218 Å². The molecule has 202 valence electrons. The van der Waals surface area contributed by atoms with Gasteiger partial charge in [-0.15, -0.1) is 11.7 Å². The summed E-state index contributed by atoms with van der Waals surface area (Å²) in [5.74, 6) is 2.89. The van der Waals surface area contributed by atoms with E-state index in [1.807, 2.05) is 0 Å². The van der Waals surface area contributed by atoms with E-state index < -0.39 is 9.06 Å². The van der Waals surface area contributed by atoms with Crippen molar-refractivity contribution in [2.45, 2.75) is 187 Å². The minimum absolute atomic E-state index is 0.748. The molecule has 0 amide bonds. The molecule has 0 aromatic rings. The maximum atomic E-state index is 5.64. The first-order valence-corrected chi connectivity index (χ1v) is 18.7. The Morgan fingerprint density at radius 1 is 0.394 bits per heavy atom. The molecule has 0 saturated carbocycles. The summed E-state index contributed by atoms with van der Waals surface area (Å²) in [7, 11) is -0.748. The first kappa shape index (κ1) is 33.7. The molecule has 0 aromatic carbocycles. The zero-order valence-electron chi connectivity index (χ0n) is 23.8. The van der Waals surface area contributed by atoms with Gasteiger partial charge in [0.15, 0.2) is 0 Å². The van der Waals surface area contributed by atoms with Gasteiger partial charge in [0, 0.05) is 0 Å². The Morgan fingerprint density at radius 2 is 0.667 bits per heavy atom. The van der Waals surface area contributed by atoms with Gasteiger partial charge in [0.25, 0.3) is 0 Å². The normalized spacial score (nSPS) is 15.4. The van der Waals surface area contributed by atoms with E-state index in [-0.39, 0.29) is 0 Å². The van der Waals surface area contributed by atoms with Gasteiger partial charge in [-0.1, -0.05) is 156 Å². The van der Waals surface area contributed by atoms with E-state index in [2.05, 4.69) is 27.7 Å². The summed E-state index contributed by atoms with van der Waals surface area (Å²) in [4.78, 5) is 0. The third-order valence-corrected chi connectivity index (χ3v) is 13.3. The first-order chi connectivity index (χ1) is 16.1.